The van der Waals surface area contributed by atoms with E-state index in [0.29, 0.717) is 37.1 Å². The molecule has 1 unspecified atom stereocenters. The maximum absolute atomic E-state index is 11.6. The van der Waals surface area contributed by atoms with Crippen molar-refractivity contribution in [3.05, 3.63) is 54.4 Å². The van der Waals surface area contributed by atoms with E-state index in [9.17, 15) is 4.79 Å². The maximum atomic E-state index is 11.6. The summed E-state index contributed by atoms with van der Waals surface area (Å²) in [5, 5.41) is 4.41. The third-order valence-electron chi connectivity index (χ3n) is 6.69. The largest absolute Gasteiger partial charge is 0.493 e. The van der Waals surface area contributed by atoms with Gasteiger partial charge in [-0.1, -0.05) is 30.3 Å². The zero-order valence-electron chi connectivity index (χ0n) is 21.4. The fourth-order valence-electron chi connectivity index (χ4n) is 4.55. The second-order valence-corrected chi connectivity index (χ2v) is 9.17. The lowest BCUT2D eigenvalue weighted by molar-refractivity contribution is -0.143. The summed E-state index contributed by atoms with van der Waals surface area (Å²) < 4.78 is 16.9. The third-order valence-corrected chi connectivity index (χ3v) is 6.69. The van der Waals surface area contributed by atoms with E-state index in [1.54, 1.807) is 13.4 Å². The van der Waals surface area contributed by atoms with Gasteiger partial charge >= 0.3 is 5.97 Å². The predicted molar refractivity (Wildman–Crippen MR) is 140 cm³/mol. The summed E-state index contributed by atoms with van der Waals surface area (Å²) in [6.07, 6.45) is 4.08. The number of esters is 1. The second kappa shape index (κ2) is 12.5. The Bertz CT molecular complexity index is 1130. The molecular weight excluding hydrogens is 456 g/mol. The Balaban J connectivity index is 1.39. The molecule has 8 heteroatoms. The van der Waals surface area contributed by atoms with Crippen LogP contribution in [0.5, 0.6) is 11.5 Å². The molecule has 0 amide bonds. The number of likely N-dealkylation sites (tertiary alicyclic amines) is 1. The van der Waals surface area contributed by atoms with Crippen molar-refractivity contribution in [1.82, 2.24) is 14.9 Å². The number of fused-ring (bicyclic) bond motifs is 1. The van der Waals surface area contributed by atoms with Gasteiger partial charge in [-0.15, -0.1) is 0 Å². The number of ether oxygens (including phenoxy) is 3. The molecule has 1 aliphatic heterocycles. The molecule has 36 heavy (non-hydrogen) atoms. The first kappa shape index (κ1) is 25.7. The van der Waals surface area contributed by atoms with E-state index < -0.39 is 0 Å². The normalized spacial score (nSPS) is 15.4. The Morgan fingerprint density at radius 1 is 1.14 bits per heavy atom. The molecule has 192 valence electrons. The molecule has 0 spiro atoms. The van der Waals surface area contributed by atoms with Crippen molar-refractivity contribution in [3.8, 4) is 11.5 Å². The minimum atomic E-state index is -0.123. The van der Waals surface area contributed by atoms with E-state index in [1.807, 2.05) is 37.3 Å². The number of methoxy groups -OCH3 is 1. The lowest BCUT2D eigenvalue weighted by Gasteiger charge is -2.31. The summed E-state index contributed by atoms with van der Waals surface area (Å²) in [6.45, 7) is 7.68. The van der Waals surface area contributed by atoms with Crippen LogP contribution in [0, 0.1) is 5.92 Å². The van der Waals surface area contributed by atoms with Crippen LogP contribution >= 0.6 is 0 Å². The number of aromatic nitrogens is 2. The van der Waals surface area contributed by atoms with Gasteiger partial charge in [0, 0.05) is 24.0 Å². The quantitative estimate of drug-likeness (QED) is 0.380. The van der Waals surface area contributed by atoms with Crippen LogP contribution in [0.1, 0.15) is 44.7 Å². The summed E-state index contributed by atoms with van der Waals surface area (Å²) >= 11 is 0. The summed E-state index contributed by atoms with van der Waals surface area (Å²) in [6, 6.07) is 14.2. The van der Waals surface area contributed by atoms with Crippen molar-refractivity contribution in [1.29, 1.82) is 0 Å². The van der Waals surface area contributed by atoms with Gasteiger partial charge in [0.05, 0.1) is 32.3 Å². The fraction of sp³-hybridized carbons (Fsp3) is 0.464. The first-order valence-electron chi connectivity index (χ1n) is 12.7. The van der Waals surface area contributed by atoms with Gasteiger partial charge in [-0.25, -0.2) is 9.97 Å². The van der Waals surface area contributed by atoms with Crippen LogP contribution in [0.15, 0.2) is 48.8 Å². The van der Waals surface area contributed by atoms with Gasteiger partial charge in [0.15, 0.2) is 11.5 Å². The smallest absolute Gasteiger partial charge is 0.307 e. The molecule has 2 aromatic carbocycles. The summed E-state index contributed by atoms with van der Waals surface area (Å²) in [5.41, 5.74) is 1.98. The Morgan fingerprint density at radius 3 is 2.64 bits per heavy atom. The van der Waals surface area contributed by atoms with Crippen molar-refractivity contribution in [2.24, 2.45) is 5.92 Å². The number of rotatable bonds is 11. The van der Waals surface area contributed by atoms with Crippen molar-refractivity contribution in [2.75, 3.05) is 45.3 Å². The number of hydrogen-bond acceptors (Lipinski definition) is 8. The Hall–Kier alpha value is -3.39. The minimum Gasteiger partial charge on any atom is -0.493 e. The van der Waals surface area contributed by atoms with Crippen LogP contribution in [-0.2, 0) is 9.53 Å². The Kier molecular flexibility index (Phi) is 8.95. The van der Waals surface area contributed by atoms with E-state index in [-0.39, 0.29) is 12.0 Å². The summed E-state index contributed by atoms with van der Waals surface area (Å²) in [5.74, 6) is 2.45. The van der Waals surface area contributed by atoms with Crippen LogP contribution in [0.2, 0.25) is 0 Å². The number of nitrogens with one attached hydrogen (secondary N) is 1. The molecule has 0 bridgehead atoms. The molecule has 0 saturated carbocycles. The van der Waals surface area contributed by atoms with Crippen LogP contribution in [-0.4, -0.2) is 60.8 Å². The molecule has 2 heterocycles. The van der Waals surface area contributed by atoms with Crippen molar-refractivity contribution < 1.29 is 19.0 Å². The lowest BCUT2D eigenvalue weighted by Crippen LogP contribution is -2.36. The highest BCUT2D eigenvalue weighted by Gasteiger charge is 2.21. The molecule has 1 saturated heterocycles. The number of benzene rings is 2. The van der Waals surface area contributed by atoms with Crippen LogP contribution in [0.4, 0.5) is 5.82 Å². The average Bonchev–Trinajstić information content (AvgIpc) is 2.91. The molecule has 8 nitrogen and oxygen atoms in total. The Labute approximate surface area is 213 Å². The average molecular weight is 493 g/mol. The van der Waals surface area contributed by atoms with Gasteiger partial charge < -0.3 is 24.4 Å². The van der Waals surface area contributed by atoms with Gasteiger partial charge in [-0.05, 0) is 57.3 Å². The first-order valence-corrected chi connectivity index (χ1v) is 12.7. The van der Waals surface area contributed by atoms with E-state index in [2.05, 4.69) is 39.2 Å². The molecule has 4 rings (SSSR count). The molecule has 1 N–H and O–H groups in total. The van der Waals surface area contributed by atoms with Crippen molar-refractivity contribution in [3.63, 3.8) is 0 Å². The number of piperidine rings is 1. The van der Waals surface area contributed by atoms with Gasteiger partial charge in [0.1, 0.15) is 12.1 Å². The highest BCUT2D eigenvalue weighted by atomic mass is 16.5. The zero-order valence-corrected chi connectivity index (χ0v) is 21.4. The lowest BCUT2D eigenvalue weighted by atomic mass is 9.97. The molecule has 3 aromatic rings. The van der Waals surface area contributed by atoms with E-state index in [0.717, 1.165) is 49.2 Å². The van der Waals surface area contributed by atoms with Gasteiger partial charge in [-0.2, -0.15) is 0 Å². The van der Waals surface area contributed by atoms with Crippen molar-refractivity contribution in [2.45, 2.75) is 39.2 Å². The van der Waals surface area contributed by atoms with Gasteiger partial charge in [0.2, 0.25) is 0 Å². The fourth-order valence-corrected chi connectivity index (χ4v) is 4.55. The van der Waals surface area contributed by atoms with Gasteiger partial charge in [0.25, 0.3) is 0 Å². The highest BCUT2D eigenvalue weighted by Crippen LogP contribution is 2.35. The molecule has 1 aromatic heterocycles. The maximum Gasteiger partial charge on any atom is 0.307 e. The monoisotopic (exact) mass is 492 g/mol. The molecule has 1 fully saturated rings. The van der Waals surface area contributed by atoms with Gasteiger partial charge in [-0.3, -0.25) is 4.79 Å². The third kappa shape index (κ3) is 6.63. The molecule has 1 aliphatic rings. The Morgan fingerprint density at radius 2 is 1.92 bits per heavy atom. The molecular formula is C28H36N4O4. The van der Waals surface area contributed by atoms with E-state index >= 15 is 0 Å². The molecule has 0 aliphatic carbocycles. The van der Waals surface area contributed by atoms with Crippen molar-refractivity contribution >= 4 is 22.7 Å². The first-order chi connectivity index (χ1) is 17.6. The molecule has 0 radical (unpaired) electrons. The standard InChI is InChI=1S/C28H36N4O4/c1-4-35-27(33)12-15-32-13-10-21(11-14-32)18-36-26-16-23-24(17-25(26)34-3)29-19-30-28(23)31-20(2)22-8-6-5-7-9-22/h5-9,16-17,19-21H,4,10-15,18H2,1-3H3,(H,29,30,31). The number of anilines is 1. The SMILES string of the molecule is CCOC(=O)CCN1CCC(COc2cc3c(NC(C)c4ccccc4)ncnc3cc2OC)CC1. The zero-order chi connectivity index (χ0) is 25.3. The molecule has 1 atom stereocenters. The summed E-state index contributed by atoms with van der Waals surface area (Å²) in [4.78, 5) is 22.9. The van der Waals surface area contributed by atoms with Crippen LogP contribution < -0.4 is 14.8 Å². The number of hydrogen-bond donors (Lipinski definition) is 1. The number of carbonyl (C=O) groups is 1. The predicted octanol–water partition coefficient (Wildman–Crippen LogP) is 4.86. The topological polar surface area (TPSA) is 85.8 Å². The van der Waals surface area contributed by atoms with Crippen LogP contribution in [0.25, 0.3) is 10.9 Å². The minimum absolute atomic E-state index is 0.0878. The van der Waals surface area contributed by atoms with E-state index in [4.69, 9.17) is 14.2 Å². The van der Waals surface area contributed by atoms with E-state index in [1.165, 1.54) is 5.56 Å². The summed E-state index contributed by atoms with van der Waals surface area (Å²) in [7, 11) is 1.65. The second-order valence-electron chi connectivity index (χ2n) is 9.17. The van der Waals surface area contributed by atoms with Crippen LogP contribution in [0.3, 0.4) is 0 Å². The number of carbonyl (C=O) groups excluding carboxylic acids is 1. The highest BCUT2D eigenvalue weighted by molar-refractivity contribution is 5.91. The number of nitrogens with zero attached hydrogens (tertiary/aromatic N) is 3.